The second-order valence-electron chi connectivity index (χ2n) is 7.63. The van der Waals surface area contributed by atoms with Gasteiger partial charge in [0, 0.05) is 12.0 Å². The van der Waals surface area contributed by atoms with Crippen LogP contribution in [0.15, 0.2) is 11.6 Å². The molecule has 0 radical (unpaired) electrons. The number of hydrogen-bond donors (Lipinski definition) is 0. The minimum atomic E-state index is -0.521. The molecular formula is C16H18O5. The highest BCUT2D eigenvalue weighted by Crippen LogP contribution is 2.71. The predicted octanol–water partition coefficient (Wildman–Crippen LogP) is 1.36. The minimum absolute atomic E-state index is 0.0967. The van der Waals surface area contributed by atoms with Gasteiger partial charge in [0.15, 0.2) is 5.60 Å². The van der Waals surface area contributed by atoms with Crippen molar-refractivity contribution >= 4 is 11.9 Å². The van der Waals surface area contributed by atoms with Crippen LogP contribution in [0.4, 0.5) is 0 Å². The fraction of sp³-hybridized carbons (Fsp3) is 0.750. The molecule has 0 amide bonds. The molecule has 0 aromatic heterocycles. The van der Waals surface area contributed by atoms with E-state index in [-0.39, 0.29) is 42.1 Å². The SMILES string of the molecule is C[C@@]12CCC[C@]3(C)C4=CC(=O)OC[C@]45O[C@@H]5C(OC1=O)[C@@H]23. The highest BCUT2D eigenvalue weighted by atomic mass is 16.7. The third-order valence-corrected chi connectivity index (χ3v) is 6.60. The van der Waals surface area contributed by atoms with Crippen molar-refractivity contribution in [3.63, 3.8) is 0 Å². The zero-order valence-corrected chi connectivity index (χ0v) is 12.2. The lowest BCUT2D eigenvalue weighted by Crippen LogP contribution is -2.57. The number of esters is 2. The maximum Gasteiger partial charge on any atom is 0.330 e. The first kappa shape index (κ1) is 12.2. The summed E-state index contributed by atoms with van der Waals surface area (Å²) in [6.45, 7) is 4.46. The largest absolute Gasteiger partial charge is 0.459 e. The van der Waals surface area contributed by atoms with Crippen LogP contribution in [0.3, 0.4) is 0 Å². The van der Waals surface area contributed by atoms with Gasteiger partial charge >= 0.3 is 11.9 Å². The van der Waals surface area contributed by atoms with Crippen molar-refractivity contribution in [3.05, 3.63) is 11.6 Å². The molecule has 1 spiro atoms. The summed E-state index contributed by atoms with van der Waals surface area (Å²) in [5.74, 6) is -0.285. The molecule has 0 bridgehead atoms. The molecule has 0 aromatic carbocycles. The van der Waals surface area contributed by atoms with Gasteiger partial charge in [-0.3, -0.25) is 4.79 Å². The molecular weight excluding hydrogens is 272 g/mol. The van der Waals surface area contributed by atoms with Crippen LogP contribution in [0, 0.1) is 16.7 Å². The molecule has 0 N–H and O–H groups in total. The van der Waals surface area contributed by atoms with Gasteiger partial charge in [-0.2, -0.15) is 0 Å². The Morgan fingerprint density at radius 3 is 2.76 bits per heavy atom. The molecule has 2 saturated carbocycles. The smallest absolute Gasteiger partial charge is 0.330 e. The molecule has 5 heteroatoms. The first-order chi connectivity index (χ1) is 9.92. The number of rotatable bonds is 0. The molecule has 2 saturated heterocycles. The quantitative estimate of drug-likeness (QED) is 0.498. The van der Waals surface area contributed by atoms with Crippen molar-refractivity contribution in [1.82, 2.24) is 0 Å². The van der Waals surface area contributed by atoms with Gasteiger partial charge in [0.25, 0.3) is 0 Å². The molecule has 6 atom stereocenters. The van der Waals surface area contributed by atoms with Gasteiger partial charge in [0.1, 0.15) is 18.8 Å². The van der Waals surface area contributed by atoms with Crippen LogP contribution in [-0.4, -0.2) is 36.4 Å². The van der Waals surface area contributed by atoms with Gasteiger partial charge in [0.2, 0.25) is 0 Å². The average molecular weight is 290 g/mol. The number of epoxide rings is 1. The number of ether oxygens (including phenoxy) is 3. The topological polar surface area (TPSA) is 65.1 Å². The number of cyclic esters (lactones) is 1. The number of carbonyl (C=O) groups excluding carboxylic acids is 2. The molecule has 2 aliphatic carbocycles. The number of hydrogen-bond acceptors (Lipinski definition) is 5. The third kappa shape index (κ3) is 1.13. The summed E-state index contributed by atoms with van der Waals surface area (Å²) >= 11 is 0. The Morgan fingerprint density at radius 2 is 1.95 bits per heavy atom. The van der Waals surface area contributed by atoms with Crippen LogP contribution < -0.4 is 0 Å². The van der Waals surface area contributed by atoms with E-state index in [1.54, 1.807) is 6.08 Å². The van der Waals surface area contributed by atoms with Crippen molar-refractivity contribution in [2.45, 2.75) is 50.9 Å². The van der Waals surface area contributed by atoms with Gasteiger partial charge < -0.3 is 14.2 Å². The Morgan fingerprint density at radius 1 is 1.19 bits per heavy atom. The summed E-state index contributed by atoms with van der Waals surface area (Å²) in [4.78, 5) is 24.2. The second-order valence-corrected chi connectivity index (χ2v) is 7.63. The van der Waals surface area contributed by atoms with E-state index in [1.807, 2.05) is 6.92 Å². The minimum Gasteiger partial charge on any atom is -0.459 e. The molecule has 112 valence electrons. The van der Waals surface area contributed by atoms with Gasteiger partial charge in [0.05, 0.1) is 5.41 Å². The second kappa shape index (κ2) is 3.19. The highest BCUT2D eigenvalue weighted by molar-refractivity contribution is 5.86. The van der Waals surface area contributed by atoms with E-state index in [0.717, 1.165) is 24.8 Å². The van der Waals surface area contributed by atoms with Crippen molar-refractivity contribution < 1.29 is 23.8 Å². The van der Waals surface area contributed by atoms with E-state index in [0.29, 0.717) is 0 Å². The lowest BCUT2D eigenvalue weighted by atomic mass is 9.48. The summed E-state index contributed by atoms with van der Waals surface area (Å²) in [6.07, 6.45) is 4.09. The molecule has 1 unspecified atom stereocenters. The van der Waals surface area contributed by atoms with Crippen LogP contribution >= 0.6 is 0 Å². The standard InChI is InChI=1S/C16H18O5/c1-14-4-3-5-15(2)11(14)10(20-13(15)18)12-16(21-12)7-19-9(17)6-8(14)16/h6,10-12H,3-5,7H2,1-2H3/t10?,11-,12-,14-,15+,16+/m1/s1. The van der Waals surface area contributed by atoms with E-state index in [1.165, 1.54) is 0 Å². The van der Waals surface area contributed by atoms with Gasteiger partial charge in [-0.15, -0.1) is 0 Å². The number of carbonyl (C=O) groups is 2. The Labute approximate surface area is 122 Å². The average Bonchev–Trinajstić information content (AvgIpc) is 3.08. The van der Waals surface area contributed by atoms with Crippen LogP contribution in [-0.2, 0) is 23.8 Å². The lowest BCUT2D eigenvalue weighted by Gasteiger charge is -2.52. The summed E-state index contributed by atoms with van der Waals surface area (Å²) < 4.78 is 16.9. The monoisotopic (exact) mass is 290 g/mol. The summed E-state index contributed by atoms with van der Waals surface area (Å²) in [5.41, 5.74) is -0.136. The van der Waals surface area contributed by atoms with Crippen LogP contribution in [0.2, 0.25) is 0 Å². The fourth-order valence-electron chi connectivity index (χ4n) is 5.70. The van der Waals surface area contributed by atoms with Crippen molar-refractivity contribution in [1.29, 1.82) is 0 Å². The Kier molecular flexibility index (Phi) is 1.85. The van der Waals surface area contributed by atoms with Crippen LogP contribution in [0.25, 0.3) is 0 Å². The van der Waals surface area contributed by atoms with E-state index in [2.05, 4.69) is 6.92 Å². The zero-order valence-electron chi connectivity index (χ0n) is 12.2. The number of fused-ring (bicyclic) bond motifs is 2. The van der Waals surface area contributed by atoms with Gasteiger partial charge in [-0.1, -0.05) is 13.3 Å². The van der Waals surface area contributed by atoms with E-state index < -0.39 is 11.0 Å². The molecule has 3 heterocycles. The molecule has 5 nitrogen and oxygen atoms in total. The predicted molar refractivity (Wildman–Crippen MR) is 70.1 cm³/mol. The Balaban J connectivity index is 1.74. The van der Waals surface area contributed by atoms with E-state index in [9.17, 15) is 9.59 Å². The van der Waals surface area contributed by atoms with Crippen LogP contribution in [0.5, 0.6) is 0 Å². The Bertz CT molecular complexity index is 624. The van der Waals surface area contributed by atoms with Gasteiger partial charge in [-0.25, -0.2) is 4.79 Å². The maximum absolute atomic E-state index is 12.5. The molecule has 4 fully saturated rings. The third-order valence-electron chi connectivity index (χ3n) is 6.60. The van der Waals surface area contributed by atoms with Gasteiger partial charge in [-0.05, 0) is 30.8 Å². The van der Waals surface area contributed by atoms with Crippen molar-refractivity contribution in [2.24, 2.45) is 16.7 Å². The summed E-state index contributed by atoms with van der Waals surface area (Å²) in [7, 11) is 0. The molecule has 0 aromatic rings. The summed E-state index contributed by atoms with van der Waals surface area (Å²) in [5, 5.41) is 0. The first-order valence-electron chi connectivity index (χ1n) is 7.70. The van der Waals surface area contributed by atoms with Crippen molar-refractivity contribution in [2.75, 3.05) is 6.61 Å². The fourth-order valence-corrected chi connectivity index (χ4v) is 5.70. The Hall–Kier alpha value is -1.36. The molecule has 3 aliphatic heterocycles. The lowest BCUT2D eigenvalue weighted by molar-refractivity contribution is -0.149. The normalized spacial score (nSPS) is 56.5. The molecule has 5 rings (SSSR count). The van der Waals surface area contributed by atoms with Crippen LogP contribution in [0.1, 0.15) is 33.1 Å². The van der Waals surface area contributed by atoms with E-state index >= 15 is 0 Å². The zero-order chi connectivity index (χ0) is 14.6. The molecule has 21 heavy (non-hydrogen) atoms. The highest BCUT2D eigenvalue weighted by Gasteiger charge is 2.80. The summed E-state index contributed by atoms with van der Waals surface area (Å²) in [6, 6.07) is 0. The molecule has 5 aliphatic rings. The first-order valence-corrected chi connectivity index (χ1v) is 7.70. The van der Waals surface area contributed by atoms with E-state index in [4.69, 9.17) is 14.2 Å². The van der Waals surface area contributed by atoms with Crippen molar-refractivity contribution in [3.8, 4) is 0 Å². The maximum atomic E-state index is 12.5.